The van der Waals surface area contributed by atoms with Gasteiger partial charge in [-0.15, -0.1) is 16.4 Å². The maximum Gasteiger partial charge on any atom is 0.350 e. The minimum absolute atomic E-state index is 0.137. The molecule has 0 aromatic carbocycles. The fourth-order valence-electron chi connectivity index (χ4n) is 2.62. The molecule has 1 aliphatic carbocycles. The molecule has 8 heteroatoms. The van der Waals surface area contributed by atoms with Gasteiger partial charge in [0, 0.05) is 18.4 Å². The Hall–Kier alpha value is -1.80. The summed E-state index contributed by atoms with van der Waals surface area (Å²) in [6.45, 7) is 6.76. The van der Waals surface area contributed by atoms with Gasteiger partial charge < -0.3 is 9.47 Å². The van der Waals surface area contributed by atoms with Gasteiger partial charge in [-0.05, 0) is 28.8 Å². The molecule has 22 heavy (non-hydrogen) atoms. The van der Waals surface area contributed by atoms with Crippen LogP contribution >= 0.6 is 11.3 Å². The third kappa shape index (κ3) is 2.52. The van der Waals surface area contributed by atoms with Crippen molar-refractivity contribution in [3.8, 4) is 5.69 Å². The predicted octanol–water partition coefficient (Wildman–Crippen LogP) is 2.08. The van der Waals surface area contributed by atoms with E-state index in [-0.39, 0.29) is 23.6 Å². The van der Waals surface area contributed by atoms with E-state index >= 15 is 0 Å². The van der Waals surface area contributed by atoms with Crippen molar-refractivity contribution < 1.29 is 14.3 Å². The lowest BCUT2D eigenvalue weighted by Gasteiger charge is -2.50. The van der Waals surface area contributed by atoms with Crippen molar-refractivity contribution in [3.05, 3.63) is 22.7 Å². The highest BCUT2D eigenvalue weighted by atomic mass is 32.1. The van der Waals surface area contributed by atoms with Crippen molar-refractivity contribution in [3.63, 3.8) is 0 Å². The van der Waals surface area contributed by atoms with E-state index < -0.39 is 0 Å². The van der Waals surface area contributed by atoms with E-state index in [0.717, 1.165) is 6.42 Å². The summed E-state index contributed by atoms with van der Waals surface area (Å²) in [6.07, 6.45) is 2.19. The number of carbonyl (C=O) groups is 1. The molecule has 2 atom stereocenters. The standard InChI is InChI=1S/C14H18N4O3S/c1-4-20-10-7-11(14(10,2)3)21-13(19)12-9(5-6-22-12)18-8-15-16-17-18/h5-6,8,10-11H,4,7H2,1-3H3. The van der Waals surface area contributed by atoms with Gasteiger partial charge in [0.25, 0.3) is 0 Å². The quantitative estimate of drug-likeness (QED) is 0.784. The number of tetrazole rings is 1. The number of carbonyl (C=O) groups excluding carboxylic acids is 1. The average molecular weight is 322 g/mol. The SMILES string of the molecule is CCOC1CC(OC(=O)c2sccc2-n2cnnn2)C1(C)C. The van der Waals surface area contributed by atoms with Gasteiger partial charge in [0.15, 0.2) is 0 Å². The number of rotatable bonds is 5. The molecular formula is C14H18N4O3S. The maximum atomic E-state index is 12.4. The topological polar surface area (TPSA) is 79.1 Å². The van der Waals surface area contributed by atoms with Gasteiger partial charge >= 0.3 is 5.97 Å². The zero-order valence-corrected chi connectivity index (χ0v) is 13.5. The van der Waals surface area contributed by atoms with E-state index in [9.17, 15) is 4.79 Å². The second-order valence-electron chi connectivity index (χ2n) is 5.78. The second kappa shape index (κ2) is 5.77. The molecule has 0 saturated heterocycles. The summed E-state index contributed by atoms with van der Waals surface area (Å²) in [5.74, 6) is -0.339. The molecule has 1 saturated carbocycles. The first-order valence-corrected chi connectivity index (χ1v) is 8.05. The van der Waals surface area contributed by atoms with Crippen LogP contribution in [0.25, 0.3) is 5.69 Å². The Kier molecular flexibility index (Phi) is 3.96. The average Bonchev–Trinajstić information content (AvgIpc) is 3.16. The molecule has 0 spiro atoms. The largest absolute Gasteiger partial charge is 0.457 e. The summed E-state index contributed by atoms with van der Waals surface area (Å²) in [7, 11) is 0. The van der Waals surface area contributed by atoms with Crippen LogP contribution in [0.5, 0.6) is 0 Å². The van der Waals surface area contributed by atoms with E-state index in [4.69, 9.17) is 9.47 Å². The van der Waals surface area contributed by atoms with Gasteiger partial charge in [-0.3, -0.25) is 0 Å². The monoisotopic (exact) mass is 322 g/mol. The smallest absolute Gasteiger partial charge is 0.350 e. The third-order valence-electron chi connectivity index (χ3n) is 4.13. The van der Waals surface area contributed by atoms with Crippen LogP contribution < -0.4 is 0 Å². The summed E-state index contributed by atoms with van der Waals surface area (Å²) in [5, 5.41) is 12.8. The van der Waals surface area contributed by atoms with Crippen LogP contribution in [0.15, 0.2) is 17.8 Å². The molecule has 118 valence electrons. The van der Waals surface area contributed by atoms with E-state index in [1.807, 2.05) is 12.3 Å². The predicted molar refractivity (Wildman–Crippen MR) is 80.0 cm³/mol. The molecule has 7 nitrogen and oxygen atoms in total. The van der Waals surface area contributed by atoms with E-state index in [1.165, 1.54) is 22.3 Å². The fraction of sp³-hybridized carbons (Fsp3) is 0.571. The number of thiophene rings is 1. The normalized spacial score (nSPS) is 23.0. The second-order valence-corrected chi connectivity index (χ2v) is 6.70. The van der Waals surface area contributed by atoms with Crippen molar-refractivity contribution >= 4 is 17.3 Å². The van der Waals surface area contributed by atoms with Crippen molar-refractivity contribution in [2.75, 3.05) is 6.61 Å². The molecule has 0 amide bonds. The van der Waals surface area contributed by atoms with Gasteiger partial charge in [0.1, 0.15) is 17.3 Å². The van der Waals surface area contributed by atoms with Gasteiger partial charge in [0.2, 0.25) is 0 Å². The molecule has 2 unspecified atom stereocenters. The molecule has 0 radical (unpaired) electrons. The zero-order valence-electron chi connectivity index (χ0n) is 12.7. The molecule has 2 aromatic rings. The first-order chi connectivity index (χ1) is 10.5. The Labute approximate surface area is 132 Å². The molecule has 2 heterocycles. The Morgan fingerprint density at radius 1 is 1.50 bits per heavy atom. The summed E-state index contributed by atoms with van der Waals surface area (Å²) in [6, 6.07) is 1.80. The van der Waals surface area contributed by atoms with Crippen molar-refractivity contribution in [2.45, 2.75) is 39.4 Å². The van der Waals surface area contributed by atoms with Gasteiger partial charge in [-0.2, -0.15) is 4.68 Å². The number of ether oxygens (including phenoxy) is 2. The molecule has 1 fully saturated rings. The zero-order chi connectivity index (χ0) is 15.7. The first kappa shape index (κ1) is 15.1. The highest BCUT2D eigenvalue weighted by Gasteiger charge is 2.51. The summed E-state index contributed by atoms with van der Waals surface area (Å²) >= 11 is 1.32. The van der Waals surface area contributed by atoms with Crippen LogP contribution in [0.3, 0.4) is 0 Å². The number of nitrogens with zero attached hydrogens (tertiary/aromatic N) is 4. The van der Waals surface area contributed by atoms with Crippen LogP contribution in [0, 0.1) is 5.41 Å². The van der Waals surface area contributed by atoms with Crippen LogP contribution in [0.2, 0.25) is 0 Å². The van der Waals surface area contributed by atoms with Crippen LogP contribution in [-0.4, -0.2) is 45.0 Å². The number of hydrogen-bond donors (Lipinski definition) is 0. The van der Waals surface area contributed by atoms with Crippen molar-refractivity contribution in [1.82, 2.24) is 20.2 Å². The number of aromatic nitrogens is 4. The molecule has 0 bridgehead atoms. The summed E-state index contributed by atoms with van der Waals surface area (Å²) in [5.41, 5.74) is 0.469. The Morgan fingerprint density at radius 3 is 2.95 bits per heavy atom. The lowest BCUT2D eigenvalue weighted by molar-refractivity contribution is -0.174. The van der Waals surface area contributed by atoms with Crippen molar-refractivity contribution in [2.24, 2.45) is 5.41 Å². The van der Waals surface area contributed by atoms with E-state index in [0.29, 0.717) is 17.2 Å². The lowest BCUT2D eigenvalue weighted by Crippen LogP contribution is -2.56. The highest BCUT2D eigenvalue weighted by Crippen LogP contribution is 2.45. The molecular weight excluding hydrogens is 304 g/mol. The molecule has 2 aromatic heterocycles. The molecule has 1 aliphatic rings. The minimum atomic E-state index is -0.339. The maximum absolute atomic E-state index is 12.4. The van der Waals surface area contributed by atoms with Crippen LogP contribution in [0.4, 0.5) is 0 Å². The van der Waals surface area contributed by atoms with E-state index in [2.05, 4.69) is 29.4 Å². The first-order valence-electron chi connectivity index (χ1n) is 7.17. The lowest BCUT2D eigenvalue weighted by atomic mass is 9.66. The molecule has 3 rings (SSSR count). The Balaban J connectivity index is 1.71. The molecule has 0 aliphatic heterocycles. The highest BCUT2D eigenvalue weighted by molar-refractivity contribution is 7.12. The van der Waals surface area contributed by atoms with Gasteiger partial charge in [0.05, 0.1) is 11.8 Å². The van der Waals surface area contributed by atoms with Crippen LogP contribution in [-0.2, 0) is 9.47 Å². The van der Waals surface area contributed by atoms with E-state index in [1.54, 1.807) is 6.07 Å². The Bertz CT molecular complexity index is 653. The van der Waals surface area contributed by atoms with Gasteiger partial charge in [-0.1, -0.05) is 13.8 Å². The molecule has 0 N–H and O–H groups in total. The van der Waals surface area contributed by atoms with Crippen molar-refractivity contribution in [1.29, 1.82) is 0 Å². The van der Waals surface area contributed by atoms with Crippen LogP contribution in [0.1, 0.15) is 36.9 Å². The minimum Gasteiger partial charge on any atom is -0.457 e. The number of esters is 1. The Morgan fingerprint density at radius 2 is 2.32 bits per heavy atom. The fourth-order valence-corrected chi connectivity index (χ4v) is 3.38. The summed E-state index contributed by atoms with van der Waals surface area (Å²) < 4.78 is 12.8. The third-order valence-corrected chi connectivity index (χ3v) is 5.01. The number of hydrogen-bond acceptors (Lipinski definition) is 7. The summed E-state index contributed by atoms with van der Waals surface area (Å²) in [4.78, 5) is 12.9. The van der Waals surface area contributed by atoms with Gasteiger partial charge in [-0.25, -0.2) is 4.79 Å².